The molecule has 0 N–H and O–H groups in total. The summed E-state index contributed by atoms with van der Waals surface area (Å²) < 4.78 is 9.96. The molecule has 0 aliphatic rings. The molecule has 2 aromatic rings. The number of benzene rings is 1. The van der Waals surface area contributed by atoms with Crippen LogP contribution in [0.5, 0.6) is 0 Å². The average Bonchev–Trinajstić information content (AvgIpc) is 2.50. The number of pyridine rings is 1. The molecule has 6 heteroatoms. The highest BCUT2D eigenvalue weighted by molar-refractivity contribution is 6.35. The van der Waals surface area contributed by atoms with E-state index in [4.69, 9.17) is 21.1 Å². The van der Waals surface area contributed by atoms with Crippen LogP contribution in [0.1, 0.15) is 40.3 Å². The van der Waals surface area contributed by atoms with E-state index in [1.54, 1.807) is 26.0 Å². The predicted octanol–water partition coefficient (Wildman–Crippen LogP) is 3.55. The Hall–Kier alpha value is -2.14. The van der Waals surface area contributed by atoms with Crippen molar-refractivity contribution in [1.29, 1.82) is 0 Å². The van der Waals surface area contributed by atoms with Crippen molar-refractivity contribution in [3.63, 3.8) is 0 Å². The van der Waals surface area contributed by atoms with Crippen molar-refractivity contribution in [3.8, 4) is 0 Å². The molecule has 22 heavy (non-hydrogen) atoms. The van der Waals surface area contributed by atoms with Gasteiger partial charge in [-0.3, -0.25) is 0 Å². The van der Waals surface area contributed by atoms with E-state index in [1.165, 1.54) is 6.07 Å². The lowest BCUT2D eigenvalue weighted by molar-refractivity contribution is 0.0474. The van der Waals surface area contributed by atoms with Crippen molar-refractivity contribution in [2.75, 3.05) is 13.2 Å². The van der Waals surface area contributed by atoms with Crippen LogP contribution in [-0.2, 0) is 9.47 Å². The molecule has 0 radical (unpaired) electrons. The summed E-state index contributed by atoms with van der Waals surface area (Å²) in [5, 5.41) is 1.05. The average molecular weight is 322 g/mol. The van der Waals surface area contributed by atoms with Crippen LogP contribution in [0.15, 0.2) is 18.2 Å². The van der Waals surface area contributed by atoms with E-state index in [2.05, 4.69) is 4.98 Å². The van der Waals surface area contributed by atoms with Crippen LogP contribution < -0.4 is 0 Å². The lowest BCUT2D eigenvalue weighted by Crippen LogP contribution is -2.16. The second-order valence-corrected chi connectivity index (χ2v) is 4.99. The van der Waals surface area contributed by atoms with Crippen LogP contribution in [-0.4, -0.2) is 30.1 Å². The second kappa shape index (κ2) is 6.75. The van der Waals surface area contributed by atoms with Gasteiger partial charge >= 0.3 is 11.9 Å². The minimum Gasteiger partial charge on any atom is -0.462 e. The summed E-state index contributed by atoms with van der Waals surface area (Å²) in [7, 11) is 0. The molecule has 0 fully saturated rings. The maximum Gasteiger partial charge on any atom is 0.357 e. The largest absolute Gasteiger partial charge is 0.462 e. The smallest absolute Gasteiger partial charge is 0.357 e. The maximum absolute atomic E-state index is 12.1. The van der Waals surface area contributed by atoms with E-state index < -0.39 is 11.9 Å². The minimum atomic E-state index is -0.660. The first-order chi connectivity index (χ1) is 10.5. The Bertz CT molecular complexity index is 680. The third kappa shape index (κ3) is 3.04. The summed E-state index contributed by atoms with van der Waals surface area (Å²) >= 11 is 6.17. The van der Waals surface area contributed by atoms with Crippen molar-refractivity contribution >= 4 is 34.4 Å². The molecule has 0 unspecified atom stereocenters. The highest BCUT2D eigenvalue weighted by Crippen LogP contribution is 2.27. The summed E-state index contributed by atoms with van der Waals surface area (Å²) in [6.45, 7) is 5.61. The molecule has 0 saturated carbocycles. The zero-order valence-electron chi connectivity index (χ0n) is 12.6. The third-order valence-corrected chi connectivity index (χ3v) is 3.43. The van der Waals surface area contributed by atoms with Crippen LogP contribution in [0.3, 0.4) is 0 Å². The van der Waals surface area contributed by atoms with E-state index >= 15 is 0 Å². The van der Waals surface area contributed by atoms with Crippen molar-refractivity contribution < 1.29 is 19.1 Å². The van der Waals surface area contributed by atoms with Gasteiger partial charge in [0.05, 0.1) is 29.3 Å². The number of hydrogen-bond acceptors (Lipinski definition) is 5. The van der Waals surface area contributed by atoms with Crippen LogP contribution in [0, 0.1) is 6.92 Å². The minimum absolute atomic E-state index is 0.0558. The normalized spacial score (nSPS) is 10.5. The number of ether oxygens (including phenoxy) is 2. The van der Waals surface area contributed by atoms with Crippen LogP contribution >= 0.6 is 11.6 Å². The third-order valence-electron chi connectivity index (χ3n) is 3.10. The highest BCUT2D eigenvalue weighted by atomic mass is 35.5. The molecular weight excluding hydrogens is 306 g/mol. The van der Waals surface area contributed by atoms with E-state index in [-0.39, 0.29) is 24.5 Å². The molecule has 2 rings (SSSR count). The first-order valence-electron chi connectivity index (χ1n) is 6.93. The molecule has 1 aromatic heterocycles. The lowest BCUT2D eigenvalue weighted by Gasteiger charge is -2.11. The summed E-state index contributed by atoms with van der Waals surface area (Å²) in [4.78, 5) is 28.5. The van der Waals surface area contributed by atoms with E-state index in [0.717, 1.165) is 5.56 Å². The molecule has 5 nitrogen and oxygen atoms in total. The van der Waals surface area contributed by atoms with Gasteiger partial charge in [-0.1, -0.05) is 17.7 Å². The summed E-state index contributed by atoms with van der Waals surface area (Å²) in [6.07, 6.45) is 0. The van der Waals surface area contributed by atoms with Gasteiger partial charge in [0.25, 0.3) is 0 Å². The molecule has 0 saturated heterocycles. The first kappa shape index (κ1) is 16.2. The Morgan fingerprint density at radius 2 is 1.77 bits per heavy atom. The Balaban J connectivity index is 2.73. The van der Waals surface area contributed by atoms with Crippen molar-refractivity contribution in [2.24, 2.45) is 0 Å². The van der Waals surface area contributed by atoms with Crippen LogP contribution in [0.25, 0.3) is 10.9 Å². The summed E-state index contributed by atoms with van der Waals surface area (Å²) in [6, 6.07) is 5.05. The van der Waals surface area contributed by atoms with Gasteiger partial charge in [-0.25, -0.2) is 14.6 Å². The quantitative estimate of drug-likeness (QED) is 0.806. The van der Waals surface area contributed by atoms with Gasteiger partial charge in [0, 0.05) is 5.39 Å². The number of rotatable bonds is 4. The predicted molar refractivity (Wildman–Crippen MR) is 83.4 cm³/mol. The van der Waals surface area contributed by atoms with E-state index in [0.29, 0.717) is 15.9 Å². The molecule has 0 atom stereocenters. The monoisotopic (exact) mass is 321 g/mol. The number of fused-ring (bicyclic) bond motifs is 1. The number of hydrogen-bond donors (Lipinski definition) is 0. The number of nitrogens with zero attached hydrogens (tertiary/aromatic N) is 1. The second-order valence-electron chi connectivity index (χ2n) is 4.59. The fourth-order valence-electron chi connectivity index (χ4n) is 2.08. The zero-order chi connectivity index (χ0) is 16.3. The van der Waals surface area contributed by atoms with E-state index in [9.17, 15) is 9.59 Å². The molecular formula is C16H16ClNO4. The number of carbonyl (C=O) groups is 2. The standard InChI is InChI=1S/C16H16ClNO4/c1-4-21-15(19)11-8-10-12(17)7-6-9(3)13(10)18-14(11)16(20)22-5-2/h6-8H,4-5H2,1-3H3. The van der Waals surface area contributed by atoms with Gasteiger partial charge in [0.1, 0.15) is 0 Å². The molecule has 116 valence electrons. The fraction of sp³-hybridized carbons (Fsp3) is 0.312. The topological polar surface area (TPSA) is 65.5 Å². The molecule has 0 aliphatic carbocycles. The van der Waals surface area contributed by atoms with Crippen molar-refractivity contribution in [2.45, 2.75) is 20.8 Å². The molecule has 0 spiro atoms. The zero-order valence-corrected chi connectivity index (χ0v) is 13.4. The Morgan fingerprint density at radius 1 is 1.14 bits per heavy atom. The molecule has 0 bridgehead atoms. The summed E-state index contributed by atoms with van der Waals surface area (Å²) in [5.74, 6) is -1.29. The Morgan fingerprint density at radius 3 is 2.41 bits per heavy atom. The number of aromatic nitrogens is 1. The van der Waals surface area contributed by atoms with E-state index in [1.807, 2.05) is 6.92 Å². The van der Waals surface area contributed by atoms with Gasteiger partial charge in [-0.05, 0) is 38.5 Å². The number of esters is 2. The van der Waals surface area contributed by atoms with Crippen LogP contribution in [0.4, 0.5) is 0 Å². The van der Waals surface area contributed by atoms with Crippen molar-refractivity contribution in [3.05, 3.63) is 40.0 Å². The summed E-state index contributed by atoms with van der Waals surface area (Å²) in [5.41, 5.74) is 1.41. The molecule has 1 aromatic carbocycles. The van der Waals surface area contributed by atoms with Crippen molar-refractivity contribution in [1.82, 2.24) is 4.98 Å². The van der Waals surface area contributed by atoms with Gasteiger partial charge in [0.2, 0.25) is 0 Å². The number of halogens is 1. The van der Waals surface area contributed by atoms with Crippen LogP contribution in [0.2, 0.25) is 5.02 Å². The Labute approximate surface area is 133 Å². The fourth-order valence-corrected chi connectivity index (χ4v) is 2.29. The van der Waals surface area contributed by atoms with Gasteiger partial charge in [0.15, 0.2) is 5.69 Å². The molecule has 0 amide bonds. The first-order valence-corrected chi connectivity index (χ1v) is 7.31. The molecule has 0 aliphatic heterocycles. The lowest BCUT2D eigenvalue weighted by atomic mass is 10.1. The van der Waals surface area contributed by atoms with Gasteiger partial charge in [-0.15, -0.1) is 0 Å². The number of aryl methyl sites for hydroxylation is 1. The maximum atomic E-state index is 12.1. The highest BCUT2D eigenvalue weighted by Gasteiger charge is 2.23. The Kier molecular flexibility index (Phi) is 4.98. The SMILES string of the molecule is CCOC(=O)c1cc2c(Cl)ccc(C)c2nc1C(=O)OCC. The molecule has 1 heterocycles. The van der Waals surface area contributed by atoms with Gasteiger partial charge in [-0.2, -0.15) is 0 Å². The van der Waals surface area contributed by atoms with Gasteiger partial charge < -0.3 is 9.47 Å². The number of carbonyl (C=O) groups excluding carboxylic acids is 2.